The minimum Gasteiger partial charge on any atom is -0.368 e. The second kappa shape index (κ2) is 3.34. The van der Waals surface area contributed by atoms with Gasteiger partial charge in [0.2, 0.25) is 11.8 Å². The summed E-state index contributed by atoms with van der Waals surface area (Å²) < 4.78 is 0. The van der Waals surface area contributed by atoms with Crippen LogP contribution >= 0.6 is 0 Å². The van der Waals surface area contributed by atoms with Crippen molar-refractivity contribution >= 4 is 11.8 Å². The third kappa shape index (κ3) is 1.91. The lowest BCUT2D eigenvalue weighted by Crippen LogP contribution is -2.60. The molecule has 0 aliphatic rings. The molecule has 64 valence electrons. The van der Waals surface area contributed by atoms with Crippen LogP contribution in [-0.4, -0.2) is 17.4 Å². The van der Waals surface area contributed by atoms with Crippen LogP contribution in [0, 0.1) is 0 Å². The van der Waals surface area contributed by atoms with Gasteiger partial charge in [-0.2, -0.15) is 0 Å². The summed E-state index contributed by atoms with van der Waals surface area (Å²) in [7, 11) is 0. The fraction of sp³-hybridized carbons (Fsp3) is 0.667. The molecular formula is C6H13N3O2. The van der Waals surface area contributed by atoms with Crippen molar-refractivity contribution in [3.63, 3.8) is 0 Å². The summed E-state index contributed by atoms with van der Waals surface area (Å²) in [5.41, 5.74) is 13.5. The number of carbonyl (C=O) groups is 2. The summed E-state index contributed by atoms with van der Waals surface area (Å²) in [5.74, 6) is -1.74. The number of rotatable bonds is 4. The Labute approximate surface area is 64.9 Å². The summed E-state index contributed by atoms with van der Waals surface area (Å²) in [6.45, 7) is 1.79. The van der Waals surface area contributed by atoms with Crippen LogP contribution < -0.4 is 17.2 Å². The van der Waals surface area contributed by atoms with Crippen LogP contribution in [0.3, 0.4) is 0 Å². The second-order valence-electron chi connectivity index (χ2n) is 2.45. The van der Waals surface area contributed by atoms with E-state index in [-0.39, 0.29) is 6.42 Å². The lowest BCUT2D eigenvalue weighted by atomic mass is 9.93. The molecule has 0 saturated heterocycles. The van der Waals surface area contributed by atoms with E-state index in [4.69, 9.17) is 17.2 Å². The van der Waals surface area contributed by atoms with E-state index in [9.17, 15) is 9.59 Å². The highest BCUT2D eigenvalue weighted by Crippen LogP contribution is 2.07. The maximum absolute atomic E-state index is 10.6. The highest BCUT2D eigenvalue weighted by molar-refractivity contribution is 6.08. The fourth-order valence-corrected chi connectivity index (χ4v) is 0.762. The maximum Gasteiger partial charge on any atom is 0.247 e. The van der Waals surface area contributed by atoms with E-state index >= 15 is 0 Å². The quantitative estimate of drug-likeness (QED) is 0.432. The average molecular weight is 159 g/mol. The minimum atomic E-state index is -1.67. The predicted molar refractivity (Wildman–Crippen MR) is 40.2 cm³/mol. The molecule has 0 rings (SSSR count). The topological polar surface area (TPSA) is 112 Å². The molecule has 5 nitrogen and oxygen atoms in total. The molecule has 0 fully saturated rings. The molecule has 5 heteroatoms. The number of nitrogens with two attached hydrogens (primary N) is 3. The van der Waals surface area contributed by atoms with Crippen LogP contribution in [0.4, 0.5) is 0 Å². The molecule has 0 aliphatic heterocycles. The van der Waals surface area contributed by atoms with Crippen molar-refractivity contribution in [3.8, 4) is 0 Å². The SMILES string of the molecule is CCCC(N)(C(N)=O)C(N)=O. The first-order valence-electron chi connectivity index (χ1n) is 3.33. The Morgan fingerprint density at radius 3 is 1.73 bits per heavy atom. The third-order valence-corrected chi connectivity index (χ3v) is 1.52. The Hall–Kier alpha value is -1.10. The van der Waals surface area contributed by atoms with Crippen molar-refractivity contribution in [2.45, 2.75) is 25.3 Å². The van der Waals surface area contributed by atoms with Gasteiger partial charge in [0.1, 0.15) is 0 Å². The Balaban J connectivity index is 4.52. The number of primary amides is 2. The zero-order valence-electron chi connectivity index (χ0n) is 6.46. The largest absolute Gasteiger partial charge is 0.368 e. The maximum atomic E-state index is 10.6. The number of hydrogen-bond acceptors (Lipinski definition) is 3. The van der Waals surface area contributed by atoms with Crippen LogP contribution in [0.2, 0.25) is 0 Å². The first-order chi connectivity index (χ1) is 4.95. The Bertz CT molecular complexity index is 165. The van der Waals surface area contributed by atoms with E-state index in [0.29, 0.717) is 6.42 Å². The van der Waals surface area contributed by atoms with Crippen LogP contribution in [0.1, 0.15) is 19.8 Å². The van der Waals surface area contributed by atoms with Gasteiger partial charge in [0.15, 0.2) is 5.54 Å². The van der Waals surface area contributed by atoms with Gasteiger partial charge in [0, 0.05) is 0 Å². The van der Waals surface area contributed by atoms with Gasteiger partial charge in [-0.15, -0.1) is 0 Å². The molecule has 0 unspecified atom stereocenters. The molecular weight excluding hydrogens is 146 g/mol. The summed E-state index contributed by atoms with van der Waals surface area (Å²) in [6, 6.07) is 0. The summed E-state index contributed by atoms with van der Waals surface area (Å²) in [5, 5.41) is 0. The van der Waals surface area contributed by atoms with E-state index in [1.54, 1.807) is 6.92 Å². The van der Waals surface area contributed by atoms with Gasteiger partial charge in [-0.05, 0) is 6.42 Å². The lowest BCUT2D eigenvalue weighted by Gasteiger charge is -2.20. The lowest BCUT2D eigenvalue weighted by molar-refractivity contribution is -0.133. The van der Waals surface area contributed by atoms with Crippen LogP contribution in [0.5, 0.6) is 0 Å². The van der Waals surface area contributed by atoms with Crippen LogP contribution in [0.15, 0.2) is 0 Å². The Kier molecular flexibility index (Phi) is 3.00. The zero-order valence-corrected chi connectivity index (χ0v) is 6.46. The number of amides is 2. The first-order valence-corrected chi connectivity index (χ1v) is 3.33. The van der Waals surface area contributed by atoms with Crippen molar-refractivity contribution in [3.05, 3.63) is 0 Å². The normalized spacial score (nSPS) is 11.1. The van der Waals surface area contributed by atoms with Gasteiger partial charge in [0.25, 0.3) is 0 Å². The molecule has 0 heterocycles. The molecule has 11 heavy (non-hydrogen) atoms. The monoisotopic (exact) mass is 159 g/mol. The van der Waals surface area contributed by atoms with E-state index in [0.717, 1.165) is 0 Å². The van der Waals surface area contributed by atoms with Crippen molar-refractivity contribution in [2.24, 2.45) is 17.2 Å². The highest BCUT2D eigenvalue weighted by atomic mass is 16.2. The van der Waals surface area contributed by atoms with Gasteiger partial charge in [-0.1, -0.05) is 13.3 Å². The second-order valence-corrected chi connectivity index (χ2v) is 2.45. The van der Waals surface area contributed by atoms with Crippen molar-refractivity contribution in [2.75, 3.05) is 0 Å². The average Bonchev–Trinajstić information content (AvgIpc) is 1.87. The smallest absolute Gasteiger partial charge is 0.247 e. The van der Waals surface area contributed by atoms with E-state index in [2.05, 4.69) is 0 Å². The van der Waals surface area contributed by atoms with Crippen LogP contribution in [0.25, 0.3) is 0 Å². The van der Waals surface area contributed by atoms with Crippen LogP contribution in [-0.2, 0) is 9.59 Å². The summed E-state index contributed by atoms with van der Waals surface area (Å²) >= 11 is 0. The van der Waals surface area contributed by atoms with Crippen molar-refractivity contribution < 1.29 is 9.59 Å². The predicted octanol–water partition coefficient (Wildman–Crippen LogP) is -1.55. The van der Waals surface area contributed by atoms with Gasteiger partial charge >= 0.3 is 0 Å². The molecule has 0 aliphatic carbocycles. The zero-order chi connectivity index (χ0) is 9.07. The van der Waals surface area contributed by atoms with Crippen molar-refractivity contribution in [1.82, 2.24) is 0 Å². The van der Waals surface area contributed by atoms with E-state index < -0.39 is 17.4 Å². The number of hydrogen-bond donors (Lipinski definition) is 3. The molecule has 0 radical (unpaired) electrons. The Morgan fingerprint density at radius 2 is 1.64 bits per heavy atom. The molecule has 0 saturated carbocycles. The summed E-state index contributed by atoms with van der Waals surface area (Å²) in [4.78, 5) is 21.3. The summed E-state index contributed by atoms with van der Waals surface area (Å²) in [6.07, 6.45) is 0.778. The number of carbonyl (C=O) groups excluding carboxylic acids is 2. The molecule has 2 amide bonds. The third-order valence-electron chi connectivity index (χ3n) is 1.52. The van der Waals surface area contributed by atoms with E-state index in [1.807, 2.05) is 0 Å². The molecule has 6 N–H and O–H groups in total. The highest BCUT2D eigenvalue weighted by Gasteiger charge is 2.37. The molecule has 0 aromatic rings. The van der Waals surface area contributed by atoms with Gasteiger partial charge in [-0.3, -0.25) is 9.59 Å². The fourth-order valence-electron chi connectivity index (χ4n) is 0.762. The molecule has 0 spiro atoms. The standard InChI is InChI=1S/C6H13N3O2/c1-2-3-6(9,4(7)10)5(8)11/h2-3,9H2,1H3,(H2,7,10)(H2,8,11). The molecule has 0 aromatic heterocycles. The van der Waals surface area contributed by atoms with Gasteiger partial charge in [0.05, 0.1) is 0 Å². The van der Waals surface area contributed by atoms with E-state index in [1.165, 1.54) is 0 Å². The molecule has 0 bridgehead atoms. The Morgan fingerprint density at radius 1 is 1.27 bits per heavy atom. The van der Waals surface area contributed by atoms with Gasteiger partial charge < -0.3 is 17.2 Å². The van der Waals surface area contributed by atoms with Gasteiger partial charge in [-0.25, -0.2) is 0 Å². The van der Waals surface area contributed by atoms with Crippen molar-refractivity contribution in [1.29, 1.82) is 0 Å². The molecule has 0 atom stereocenters. The minimum absolute atomic E-state index is 0.192. The first kappa shape index (κ1) is 9.90. The molecule has 0 aromatic carbocycles.